The highest BCUT2D eigenvalue weighted by Gasteiger charge is 2.15. The number of nitrogens with zero attached hydrogens (tertiary/aromatic N) is 1. The zero-order valence-corrected chi connectivity index (χ0v) is 13.6. The lowest BCUT2D eigenvalue weighted by Gasteiger charge is -2.01. The van der Waals surface area contributed by atoms with Crippen molar-refractivity contribution in [2.45, 2.75) is 6.92 Å². The fraction of sp³-hybridized carbons (Fsp3) is 0.0667. The number of hydrogen-bond donors (Lipinski definition) is 1. The number of anilines is 1. The Labute approximate surface area is 141 Å². The SMILES string of the molecule is CC(=O)Nc1cc(Cl)c2oc(-c3ccc(Cl)cc3Cl)nc2c1. The van der Waals surface area contributed by atoms with Crippen LogP contribution in [0.2, 0.25) is 15.1 Å². The van der Waals surface area contributed by atoms with Gasteiger partial charge in [-0.1, -0.05) is 34.8 Å². The number of nitrogens with one attached hydrogen (secondary N) is 1. The summed E-state index contributed by atoms with van der Waals surface area (Å²) >= 11 is 18.2. The Morgan fingerprint density at radius 3 is 2.59 bits per heavy atom. The Morgan fingerprint density at radius 2 is 1.91 bits per heavy atom. The molecule has 1 N–H and O–H groups in total. The predicted molar refractivity (Wildman–Crippen MR) is 88.8 cm³/mol. The van der Waals surface area contributed by atoms with Crippen LogP contribution in [0.3, 0.4) is 0 Å². The summed E-state index contributed by atoms with van der Waals surface area (Å²) < 4.78 is 5.68. The van der Waals surface area contributed by atoms with Crippen LogP contribution in [0.5, 0.6) is 0 Å². The highest BCUT2D eigenvalue weighted by molar-refractivity contribution is 6.36. The Hall–Kier alpha value is -1.75. The molecule has 0 aliphatic heterocycles. The third-order valence-electron chi connectivity index (χ3n) is 2.93. The predicted octanol–water partition coefficient (Wildman–Crippen LogP) is 5.41. The van der Waals surface area contributed by atoms with E-state index in [1.54, 1.807) is 30.3 Å². The van der Waals surface area contributed by atoms with E-state index in [-0.39, 0.29) is 5.91 Å². The first kappa shape index (κ1) is 15.2. The molecule has 0 saturated heterocycles. The fourth-order valence-electron chi connectivity index (χ4n) is 2.05. The molecule has 2 aromatic carbocycles. The van der Waals surface area contributed by atoms with E-state index in [1.165, 1.54) is 6.92 Å². The number of oxazole rings is 1. The van der Waals surface area contributed by atoms with Gasteiger partial charge in [-0.05, 0) is 30.3 Å². The van der Waals surface area contributed by atoms with Crippen LogP contribution in [-0.2, 0) is 4.79 Å². The number of carbonyl (C=O) groups excluding carboxylic acids is 1. The second-order valence-electron chi connectivity index (χ2n) is 4.63. The Morgan fingerprint density at radius 1 is 1.14 bits per heavy atom. The topological polar surface area (TPSA) is 55.1 Å². The molecule has 0 saturated carbocycles. The molecule has 3 rings (SSSR count). The Balaban J connectivity index is 2.13. The van der Waals surface area contributed by atoms with Gasteiger partial charge in [0.25, 0.3) is 0 Å². The van der Waals surface area contributed by atoms with Gasteiger partial charge in [-0.15, -0.1) is 0 Å². The average Bonchev–Trinajstić information content (AvgIpc) is 2.82. The highest BCUT2D eigenvalue weighted by atomic mass is 35.5. The summed E-state index contributed by atoms with van der Waals surface area (Å²) in [5.74, 6) is 0.137. The minimum absolute atomic E-state index is 0.195. The van der Waals surface area contributed by atoms with E-state index in [0.717, 1.165) is 0 Å². The summed E-state index contributed by atoms with van der Waals surface area (Å²) in [6.07, 6.45) is 0. The van der Waals surface area contributed by atoms with Crippen molar-refractivity contribution in [1.29, 1.82) is 0 Å². The quantitative estimate of drug-likeness (QED) is 0.668. The highest BCUT2D eigenvalue weighted by Crippen LogP contribution is 2.35. The molecule has 0 bridgehead atoms. The molecule has 0 fully saturated rings. The van der Waals surface area contributed by atoms with Gasteiger partial charge < -0.3 is 9.73 Å². The van der Waals surface area contributed by atoms with Gasteiger partial charge in [0.05, 0.1) is 15.6 Å². The first-order valence-electron chi connectivity index (χ1n) is 6.27. The molecule has 7 heteroatoms. The van der Waals surface area contributed by atoms with E-state index in [4.69, 9.17) is 39.2 Å². The molecule has 0 spiro atoms. The second kappa shape index (κ2) is 5.80. The minimum atomic E-state index is -0.195. The van der Waals surface area contributed by atoms with E-state index in [2.05, 4.69) is 10.3 Å². The van der Waals surface area contributed by atoms with Crippen molar-refractivity contribution >= 4 is 57.5 Å². The van der Waals surface area contributed by atoms with Gasteiger partial charge in [0.1, 0.15) is 5.52 Å². The van der Waals surface area contributed by atoms with Crippen molar-refractivity contribution in [2.75, 3.05) is 5.32 Å². The molecule has 0 aliphatic rings. The first-order valence-corrected chi connectivity index (χ1v) is 7.40. The molecule has 4 nitrogen and oxygen atoms in total. The fourth-order valence-corrected chi connectivity index (χ4v) is 2.79. The number of fused-ring (bicyclic) bond motifs is 1. The standard InChI is InChI=1S/C15H9Cl3N2O2/c1-7(21)19-9-5-12(18)14-13(6-9)20-15(22-14)10-3-2-8(16)4-11(10)17/h2-6H,1H3,(H,19,21). The zero-order valence-electron chi connectivity index (χ0n) is 11.3. The van der Waals surface area contributed by atoms with Crippen LogP contribution in [-0.4, -0.2) is 10.9 Å². The molecule has 1 aromatic heterocycles. The summed E-state index contributed by atoms with van der Waals surface area (Å²) in [5.41, 5.74) is 2.11. The van der Waals surface area contributed by atoms with Crippen molar-refractivity contribution in [3.05, 3.63) is 45.4 Å². The van der Waals surface area contributed by atoms with Crippen LogP contribution in [0.4, 0.5) is 5.69 Å². The van der Waals surface area contributed by atoms with Crippen molar-refractivity contribution < 1.29 is 9.21 Å². The molecule has 0 radical (unpaired) electrons. The molecule has 0 unspecified atom stereocenters. The molecule has 3 aromatic rings. The van der Waals surface area contributed by atoms with Crippen LogP contribution >= 0.6 is 34.8 Å². The number of rotatable bonds is 2. The summed E-state index contributed by atoms with van der Waals surface area (Å²) in [4.78, 5) is 15.5. The maximum absolute atomic E-state index is 11.1. The zero-order chi connectivity index (χ0) is 15.9. The molecule has 0 atom stereocenters. The first-order chi connectivity index (χ1) is 10.4. The van der Waals surface area contributed by atoms with Gasteiger partial charge in [0.15, 0.2) is 5.58 Å². The normalized spacial score (nSPS) is 10.9. The van der Waals surface area contributed by atoms with E-state index >= 15 is 0 Å². The summed E-state index contributed by atoms with van der Waals surface area (Å²) in [6.45, 7) is 1.42. The Kier molecular flexibility index (Phi) is 4.00. The third kappa shape index (κ3) is 2.90. The molecular weight excluding hydrogens is 347 g/mol. The van der Waals surface area contributed by atoms with Crippen LogP contribution in [0.1, 0.15) is 6.92 Å². The lowest BCUT2D eigenvalue weighted by Crippen LogP contribution is -2.05. The van der Waals surface area contributed by atoms with Crippen molar-refractivity contribution in [1.82, 2.24) is 4.98 Å². The Bertz CT molecular complexity index is 890. The average molecular weight is 356 g/mol. The maximum atomic E-state index is 11.1. The monoisotopic (exact) mass is 354 g/mol. The smallest absolute Gasteiger partial charge is 0.228 e. The second-order valence-corrected chi connectivity index (χ2v) is 5.88. The third-order valence-corrected chi connectivity index (χ3v) is 3.76. The van der Waals surface area contributed by atoms with E-state index in [1.807, 2.05) is 0 Å². The van der Waals surface area contributed by atoms with Crippen molar-refractivity contribution in [3.63, 3.8) is 0 Å². The van der Waals surface area contributed by atoms with Gasteiger partial charge in [0, 0.05) is 17.6 Å². The van der Waals surface area contributed by atoms with Gasteiger partial charge in [-0.3, -0.25) is 4.79 Å². The minimum Gasteiger partial charge on any atom is -0.434 e. The number of benzene rings is 2. The van der Waals surface area contributed by atoms with Crippen molar-refractivity contribution in [2.24, 2.45) is 0 Å². The molecule has 0 aliphatic carbocycles. The number of halogens is 3. The largest absolute Gasteiger partial charge is 0.434 e. The van der Waals surface area contributed by atoms with Crippen LogP contribution in [0.15, 0.2) is 34.7 Å². The van der Waals surface area contributed by atoms with Gasteiger partial charge in [0.2, 0.25) is 11.8 Å². The van der Waals surface area contributed by atoms with Crippen LogP contribution in [0, 0.1) is 0 Å². The number of amides is 1. The maximum Gasteiger partial charge on any atom is 0.228 e. The molecule has 1 amide bonds. The summed E-state index contributed by atoms with van der Waals surface area (Å²) in [6, 6.07) is 8.31. The van der Waals surface area contributed by atoms with Crippen LogP contribution in [0.25, 0.3) is 22.6 Å². The number of hydrogen-bond acceptors (Lipinski definition) is 3. The molecule has 22 heavy (non-hydrogen) atoms. The van der Waals surface area contributed by atoms with Gasteiger partial charge >= 0.3 is 0 Å². The lowest BCUT2D eigenvalue weighted by atomic mass is 10.2. The number of carbonyl (C=O) groups is 1. The van der Waals surface area contributed by atoms with E-state index < -0.39 is 0 Å². The van der Waals surface area contributed by atoms with E-state index in [0.29, 0.717) is 43.3 Å². The lowest BCUT2D eigenvalue weighted by molar-refractivity contribution is -0.114. The van der Waals surface area contributed by atoms with Crippen LogP contribution < -0.4 is 5.32 Å². The van der Waals surface area contributed by atoms with Crippen molar-refractivity contribution in [3.8, 4) is 11.5 Å². The summed E-state index contributed by atoms with van der Waals surface area (Å²) in [7, 11) is 0. The van der Waals surface area contributed by atoms with Gasteiger partial charge in [-0.25, -0.2) is 4.98 Å². The summed E-state index contributed by atoms with van der Waals surface area (Å²) in [5, 5.41) is 3.96. The molecule has 1 heterocycles. The van der Waals surface area contributed by atoms with E-state index in [9.17, 15) is 4.79 Å². The van der Waals surface area contributed by atoms with Gasteiger partial charge in [-0.2, -0.15) is 0 Å². The molecular formula is C15H9Cl3N2O2. The number of aromatic nitrogens is 1. The molecule has 112 valence electrons.